The molecule has 2 N–H and O–H groups in total. The molecule has 0 saturated carbocycles. The van der Waals surface area contributed by atoms with Gasteiger partial charge in [0.2, 0.25) is 0 Å². The highest BCUT2D eigenvalue weighted by atomic mass is 32.2. The molecule has 0 spiro atoms. The molecule has 21 heavy (non-hydrogen) atoms. The summed E-state index contributed by atoms with van der Waals surface area (Å²) in [6.07, 6.45) is -4.55. The molecule has 1 aromatic rings. The summed E-state index contributed by atoms with van der Waals surface area (Å²) in [4.78, 5) is 2.04. The van der Waals surface area contributed by atoms with Crippen LogP contribution in [-0.4, -0.2) is 35.5 Å². The summed E-state index contributed by atoms with van der Waals surface area (Å²) in [5.74, 6) is 0.0248. The molecule has 2 unspecified atom stereocenters. The molecule has 0 bridgehead atoms. The molecule has 0 aliphatic carbocycles. The van der Waals surface area contributed by atoms with Crippen LogP contribution in [0.4, 0.5) is 17.6 Å². The lowest BCUT2D eigenvalue weighted by molar-refractivity contribution is -0.137. The molecular formula is C14H18F4N2S. The summed E-state index contributed by atoms with van der Waals surface area (Å²) in [6, 6.07) is 2.29. The minimum atomic E-state index is -4.55. The first kappa shape index (κ1) is 16.6. The molecule has 1 aliphatic rings. The van der Waals surface area contributed by atoms with E-state index in [1.165, 1.54) is 0 Å². The topological polar surface area (TPSA) is 29.3 Å². The van der Waals surface area contributed by atoms with Crippen LogP contribution >= 0.6 is 11.8 Å². The highest BCUT2D eigenvalue weighted by Gasteiger charge is 2.33. The normalized spacial score (nSPS) is 22.3. The number of nitrogens with two attached hydrogens (primary N) is 1. The Balaban J connectivity index is 2.31. The van der Waals surface area contributed by atoms with E-state index in [0.717, 1.165) is 31.0 Å². The van der Waals surface area contributed by atoms with Gasteiger partial charge in [-0.1, -0.05) is 6.92 Å². The second-order valence-electron chi connectivity index (χ2n) is 5.20. The predicted octanol–water partition coefficient (Wildman–Crippen LogP) is 3.28. The van der Waals surface area contributed by atoms with Crippen molar-refractivity contribution in [2.75, 3.05) is 25.4 Å². The van der Waals surface area contributed by atoms with E-state index < -0.39 is 17.6 Å². The average Bonchev–Trinajstić information content (AvgIpc) is 2.38. The Morgan fingerprint density at radius 3 is 2.67 bits per heavy atom. The minimum Gasteiger partial charge on any atom is -0.329 e. The van der Waals surface area contributed by atoms with E-state index >= 15 is 0 Å². The summed E-state index contributed by atoms with van der Waals surface area (Å²) < 4.78 is 51.9. The van der Waals surface area contributed by atoms with E-state index in [9.17, 15) is 17.6 Å². The maximum atomic E-state index is 13.5. The van der Waals surface area contributed by atoms with Crippen LogP contribution in [0.3, 0.4) is 0 Å². The van der Waals surface area contributed by atoms with E-state index in [1.54, 1.807) is 0 Å². The quantitative estimate of drug-likeness (QED) is 0.866. The predicted molar refractivity (Wildman–Crippen MR) is 76.7 cm³/mol. The average molecular weight is 322 g/mol. The first-order chi connectivity index (χ1) is 9.81. The zero-order valence-electron chi connectivity index (χ0n) is 11.7. The molecule has 118 valence electrons. The van der Waals surface area contributed by atoms with Crippen molar-refractivity contribution in [2.24, 2.45) is 5.73 Å². The molecule has 7 heteroatoms. The van der Waals surface area contributed by atoms with Gasteiger partial charge in [0.1, 0.15) is 5.82 Å². The highest BCUT2D eigenvalue weighted by molar-refractivity contribution is 7.99. The number of nitrogens with zero attached hydrogens (tertiary/aromatic N) is 1. The number of halogens is 4. The molecule has 1 aliphatic heterocycles. The van der Waals surface area contributed by atoms with Crippen LogP contribution < -0.4 is 5.73 Å². The molecule has 1 saturated heterocycles. The molecule has 0 radical (unpaired) electrons. The molecule has 1 aromatic carbocycles. The van der Waals surface area contributed by atoms with Crippen molar-refractivity contribution in [2.45, 2.75) is 24.4 Å². The Morgan fingerprint density at radius 1 is 1.38 bits per heavy atom. The monoisotopic (exact) mass is 322 g/mol. The molecular weight excluding hydrogens is 304 g/mol. The van der Waals surface area contributed by atoms with Crippen LogP contribution in [0.2, 0.25) is 0 Å². The lowest BCUT2D eigenvalue weighted by Gasteiger charge is -2.36. The Morgan fingerprint density at radius 2 is 2.10 bits per heavy atom. The van der Waals surface area contributed by atoms with Gasteiger partial charge >= 0.3 is 6.18 Å². The standard InChI is InChI=1S/C14H18F4N2S/c1-9-8-20(2-3-21-9)13(7-19)10-4-11(14(16,17)18)6-12(15)5-10/h4-6,9,13H,2-3,7-8,19H2,1H3. The molecule has 2 rings (SSSR count). The summed E-state index contributed by atoms with van der Waals surface area (Å²) in [5.41, 5.74) is 5.07. The van der Waals surface area contributed by atoms with Crippen molar-refractivity contribution < 1.29 is 17.6 Å². The summed E-state index contributed by atoms with van der Waals surface area (Å²) in [7, 11) is 0. The number of rotatable bonds is 3. The largest absolute Gasteiger partial charge is 0.416 e. The highest BCUT2D eigenvalue weighted by Crippen LogP contribution is 2.33. The van der Waals surface area contributed by atoms with Crippen LogP contribution in [0.5, 0.6) is 0 Å². The van der Waals surface area contributed by atoms with Gasteiger partial charge in [-0.3, -0.25) is 4.90 Å². The van der Waals surface area contributed by atoms with E-state index in [-0.39, 0.29) is 12.6 Å². The fraction of sp³-hybridized carbons (Fsp3) is 0.571. The van der Waals surface area contributed by atoms with Crippen LogP contribution in [-0.2, 0) is 6.18 Å². The van der Waals surface area contributed by atoms with Gasteiger partial charge in [0.05, 0.1) is 5.56 Å². The van der Waals surface area contributed by atoms with E-state index in [2.05, 4.69) is 6.92 Å². The Labute approximate surface area is 125 Å². The maximum absolute atomic E-state index is 13.5. The van der Waals surface area contributed by atoms with Crippen LogP contribution in [0, 0.1) is 5.82 Å². The molecule has 2 atom stereocenters. The van der Waals surface area contributed by atoms with Gasteiger partial charge in [0, 0.05) is 36.7 Å². The van der Waals surface area contributed by atoms with E-state index in [4.69, 9.17) is 5.73 Å². The number of hydrogen-bond donors (Lipinski definition) is 1. The summed E-state index contributed by atoms with van der Waals surface area (Å²) in [5, 5.41) is 0.392. The van der Waals surface area contributed by atoms with Crippen LogP contribution in [0.1, 0.15) is 24.1 Å². The number of alkyl halides is 3. The first-order valence-corrected chi connectivity index (χ1v) is 7.79. The second-order valence-corrected chi connectivity index (χ2v) is 6.75. The van der Waals surface area contributed by atoms with Gasteiger partial charge in [0.25, 0.3) is 0 Å². The van der Waals surface area contributed by atoms with Gasteiger partial charge < -0.3 is 5.73 Å². The fourth-order valence-corrected chi connectivity index (χ4v) is 3.63. The number of benzene rings is 1. The fourth-order valence-electron chi connectivity index (χ4n) is 2.59. The third kappa shape index (κ3) is 4.11. The third-order valence-corrected chi connectivity index (χ3v) is 4.71. The molecule has 1 fully saturated rings. The molecule has 0 aromatic heterocycles. The van der Waals surface area contributed by atoms with Crippen molar-refractivity contribution in [3.8, 4) is 0 Å². The van der Waals surface area contributed by atoms with Gasteiger partial charge in [-0.15, -0.1) is 0 Å². The Bertz CT molecular complexity index is 492. The van der Waals surface area contributed by atoms with Crippen molar-refractivity contribution in [3.63, 3.8) is 0 Å². The van der Waals surface area contributed by atoms with Crippen molar-refractivity contribution in [3.05, 3.63) is 35.1 Å². The smallest absolute Gasteiger partial charge is 0.329 e. The zero-order valence-corrected chi connectivity index (χ0v) is 12.5. The lowest BCUT2D eigenvalue weighted by atomic mass is 10.0. The zero-order chi connectivity index (χ0) is 15.6. The first-order valence-electron chi connectivity index (χ1n) is 6.74. The molecule has 1 heterocycles. The van der Waals surface area contributed by atoms with E-state index in [1.807, 2.05) is 16.7 Å². The van der Waals surface area contributed by atoms with Crippen molar-refractivity contribution >= 4 is 11.8 Å². The third-order valence-electron chi connectivity index (χ3n) is 3.57. The Hall–Kier alpha value is -0.790. The van der Waals surface area contributed by atoms with Crippen molar-refractivity contribution in [1.82, 2.24) is 4.90 Å². The minimum absolute atomic E-state index is 0.165. The van der Waals surface area contributed by atoms with Crippen molar-refractivity contribution in [1.29, 1.82) is 0 Å². The molecule has 0 amide bonds. The second kappa shape index (κ2) is 6.54. The van der Waals surface area contributed by atoms with Crippen LogP contribution in [0.15, 0.2) is 18.2 Å². The molecule has 2 nitrogen and oxygen atoms in total. The lowest BCUT2D eigenvalue weighted by Crippen LogP contribution is -2.42. The summed E-state index contributed by atoms with van der Waals surface area (Å²) in [6.45, 7) is 3.72. The van der Waals surface area contributed by atoms with Gasteiger partial charge in [-0.2, -0.15) is 24.9 Å². The number of hydrogen-bond acceptors (Lipinski definition) is 3. The maximum Gasteiger partial charge on any atom is 0.416 e. The number of thioether (sulfide) groups is 1. The van der Waals surface area contributed by atoms with Gasteiger partial charge in [-0.25, -0.2) is 4.39 Å². The van der Waals surface area contributed by atoms with E-state index in [0.29, 0.717) is 16.9 Å². The SMILES string of the molecule is CC1CN(C(CN)c2cc(F)cc(C(F)(F)F)c2)CCS1. The van der Waals surface area contributed by atoms with Crippen LogP contribution in [0.25, 0.3) is 0 Å². The van der Waals surface area contributed by atoms with Gasteiger partial charge in [0.15, 0.2) is 0 Å². The van der Waals surface area contributed by atoms with Gasteiger partial charge in [-0.05, 0) is 23.8 Å². The summed E-state index contributed by atoms with van der Waals surface area (Å²) >= 11 is 1.82. The Kier molecular flexibility index (Phi) is 5.16.